The number of benzene rings is 2. The third-order valence-corrected chi connectivity index (χ3v) is 3.25. The molecule has 0 atom stereocenters. The molecule has 2 aromatic carbocycles. The van der Waals surface area contributed by atoms with Crippen molar-refractivity contribution >= 4 is 23.2 Å². The Balaban J connectivity index is 2.04. The van der Waals surface area contributed by atoms with E-state index in [1.165, 1.54) is 12.1 Å². The first kappa shape index (κ1) is 16.3. The van der Waals surface area contributed by atoms with E-state index in [1.54, 1.807) is 30.3 Å². The Morgan fingerprint density at radius 2 is 2.05 bits per heavy atom. The lowest BCUT2D eigenvalue weighted by molar-refractivity contribution is 0.0945. The van der Waals surface area contributed by atoms with E-state index < -0.39 is 0 Å². The summed E-state index contributed by atoms with van der Waals surface area (Å²) >= 11 is 5.85. The molecule has 6 heteroatoms. The number of carbonyl (C=O) groups excluding carboxylic acids is 1. The lowest BCUT2D eigenvalue weighted by Gasteiger charge is -2.10. The number of hydrogen-bond acceptors (Lipinski definition) is 3. The quantitative estimate of drug-likeness (QED) is 0.766. The van der Waals surface area contributed by atoms with Gasteiger partial charge in [0.1, 0.15) is 5.82 Å². The van der Waals surface area contributed by atoms with Crippen molar-refractivity contribution in [2.24, 2.45) is 0 Å². The minimum absolute atomic E-state index is 0.113. The van der Waals surface area contributed by atoms with Crippen LogP contribution < -0.4 is 10.6 Å². The van der Waals surface area contributed by atoms with E-state index in [0.29, 0.717) is 21.8 Å². The zero-order chi connectivity index (χ0) is 15.9. The van der Waals surface area contributed by atoms with Gasteiger partial charge in [-0.25, -0.2) is 4.39 Å². The normalized spacial score (nSPS) is 10.3. The van der Waals surface area contributed by atoms with E-state index in [9.17, 15) is 9.18 Å². The largest absolute Gasteiger partial charge is 0.395 e. The van der Waals surface area contributed by atoms with Crippen molar-refractivity contribution < 1.29 is 14.3 Å². The monoisotopic (exact) mass is 322 g/mol. The highest BCUT2D eigenvalue weighted by Gasteiger charge is 2.06. The van der Waals surface area contributed by atoms with Gasteiger partial charge in [0.15, 0.2) is 0 Å². The molecule has 116 valence electrons. The van der Waals surface area contributed by atoms with Crippen molar-refractivity contribution in [2.45, 2.75) is 6.54 Å². The first-order chi connectivity index (χ1) is 10.6. The molecule has 0 aliphatic rings. The number of carbonyl (C=O) groups is 1. The smallest absolute Gasteiger partial charge is 0.251 e. The third kappa shape index (κ3) is 4.44. The number of rotatable bonds is 6. The molecular formula is C16H16ClFN2O2. The van der Waals surface area contributed by atoms with Gasteiger partial charge in [-0.2, -0.15) is 0 Å². The van der Waals surface area contributed by atoms with Crippen molar-refractivity contribution in [3.8, 4) is 0 Å². The van der Waals surface area contributed by atoms with Crippen LogP contribution in [0.5, 0.6) is 0 Å². The van der Waals surface area contributed by atoms with Crippen LogP contribution in [0.4, 0.5) is 10.1 Å². The minimum atomic E-state index is -0.339. The van der Waals surface area contributed by atoms with Gasteiger partial charge in [-0.05, 0) is 36.4 Å². The van der Waals surface area contributed by atoms with Gasteiger partial charge in [-0.1, -0.05) is 17.7 Å². The maximum absolute atomic E-state index is 13.6. The van der Waals surface area contributed by atoms with Crippen LogP contribution in [0.3, 0.4) is 0 Å². The van der Waals surface area contributed by atoms with Crippen molar-refractivity contribution in [1.29, 1.82) is 0 Å². The Morgan fingerprint density at radius 1 is 1.23 bits per heavy atom. The summed E-state index contributed by atoms with van der Waals surface area (Å²) in [6.45, 7) is 0.343. The molecule has 0 saturated carbocycles. The summed E-state index contributed by atoms with van der Waals surface area (Å²) < 4.78 is 13.6. The summed E-state index contributed by atoms with van der Waals surface area (Å²) in [7, 11) is 0. The summed E-state index contributed by atoms with van der Waals surface area (Å²) in [6.07, 6.45) is 0. The zero-order valence-electron chi connectivity index (χ0n) is 11.8. The second-order valence-electron chi connectivity index (χ2n) is 4.65. The number of aliphatic hydroxyl groups excluding tert-OH is 1. The van der Waals surface area contributed by atoms with Crippen molar-refractivity contribution in [3.05, 3.63) is 64.4 Å². The van der Waals surface area contributed by atoms with Crippen LogP contribution in [0.15, 0.2) is 42.5 Å². The molecule has 3 N–H and O–H groups in total. The van der Waals surface area contributed by atoms with Gasteiger partial charge in [-0.3, -0.25) is 4.79 Å². The van der Waals surface area contributed by atoms with Crippen molar-refractivity contribution in [1.82, 2.24) is 5.32 Å². The third-order valence-electron chi connectivity index (χ3n) is 3.01. The highest BCUT2D eigenvalue weighted by Crippen LogP contribution is 2.17. The van der Waals surface area contributed by atoms with Crippen LogP contribution in [-0.2, 0) is 6.54 Å². The number of amides is 1. The maximum Gasteiger partial charge on any atom is 0.251 e. The SMILES string of the molecule is O=C(NCCO)c1cccc(NCc2cc(Cl)ccc2F)c1. The Kier molecular flexibility index (Phi) is 5.75. The van der Waals surface area contributed by atoms with Crippen LogP contribution in [0, 0.1) is 5.82 Å². The Hall–Kier alpha value is -2.11. The zero-order valence-corrected chi connectivity index (χ0v) is 12.5. The summed E-state index contributed by atoms with van der Waals surface area (Å²) in [4.78, 5) is 11.8. The molecule has 0 heterocycles. The Bertz CT molecular complexity index is 664. The van der Waals surface area contributed by atoms with Gasteiger partial charge >= 0.3 is 0 Å². The van der Waals surface area contributed by atoms with Gasteiger partial charge in [0, 0.05) is 34.9 Å². The van der Waals surface area contributed by atoms with Gasteiger partial charge in [0.05, 0.1) is 6.61 Å². The minimum Gasteiger partial charge on any atom is -0.395 e. The van der Waals surface area contributed by atoms with Gasteiger partial charge < -0.3 is 15.7 Å². The van der Waals surface area contributed by atoms with Crippen LogP contribution in [0.25, 0.3) is 0 Å². The number of halogens is 2. The predicted octanol–water partition coefficient (Wildman–Crippen LogP) is 2.81. The summed E-state index contributed by atoms with van der Waals surface area (Å²) in [5.41, 5.74) is 1.60. The van der Waals surface area contributed by atoms with Gasteiger partial charge in [0.25, 0.3) is 5.91 Å². The summed E-state index contributed by atoms with van der Waals surface area (Å²) in [5.74, 6) is -0.611. The number of anilines is 1. The molecular weight excluding hydrogens is 307 g/mol. The van der Waals surface area contributed by atoms with E-state index in [-0.39, 0.29) is 31.4 Å². The molecule has 0 aliphatic carbocycles. The molecule has 0 saturated heterocycles. The second-order valence-corrected chi connectivity index (χ2v) is 5.09. The maximum atomic E-state index is 13.6. The predicted molar refractivity (Wildman–Crippen MR) is 84.6 cm³/mol. The Labute approximate surface area is 132 Å². The van der Waals surface area contributed by atoms with Crippen molar-refractivity contribution in [2.75, 3.05) is 18.5 Å². The molecule has 0 aliphatic heterocycles. The van der Waals surface area contributed by atoms with Gasteiger partial charge in [-0.15, -0.1) is 0 Å². The van der Waals surface area contributed by atoms with Crippen LogP contribution in [0.1, 0.15) is 15.9 Å². The molecule has 0 bridgehead atoms. The van der Waals surface area contributed by atoms with E-state index in [2.05, 4.69) is 10.6 Å². The summed E-state index contributed by atoms with van der Waals surface area (Å²) in [6, 6.07) is 11.2. The molecule has 0 aromatic heterocycles. The molecule has 2 rings (SSSR count). The highest BCUT2D eigenvalue weighted by atomic mass is 35.5. The first-order valence-corrected chi connectivity index (χ1v) is 7.15. The molecule has 22 heavy (non-hydrogen) atoms. The van der Waals surface area contributed by atoms with Crippen LogP contribution in [0.2, 0.25) is 5.02 Å². The summed E-state index contributed by atoms with van der Waals surface area (Å²) in [5, 5.41) is 14.8. The number of nitrogens with one attached hydrogen (secondary N) is 2. The molecule has 0 fully saturated rings. The topological polar surface area (TPSA) is 61.4 Å². The highest BCUT2D eigenvalue weighted by molar-refractivity contribution is 6.30. The second kappa shape index (κ2) is 7.77. The standard InChI is InChI=1S/C16H16ClFN2O2/c17-13-4-5-15(18)12(8-13)10-20-14-3-1-2-11(9-14)16(22)19-6-7-21/h1-5,8-9,20-21H,6-7,10H2,(H,19,22). The molecule has 4 nitrogen and oxygen atoms in total. The molecule has 0 unspecified atom stereocenters. The lowest BCUT2D eigenvalue weighted by atomic mass is 10.1. The van der Waals surface area contributed by atoms with Crippen LogP contribution >= 0.6 is 11.6 Å². The molecule has 0 spiro atoms. The fraction of sp³-hybridized carbons (Fsp3) is 0.188. The molecule has 0 radical (unpaired) electrons. The Morgan fingerprint density at radius 3 is 2.82 bits per heavy atom. The fourth-order valence-corrected chi connectivity index (χ4v) is 2.11. The number of aliphatic hydroxyl groups is 1. The van der Waals surface area contributed by atoms with Crippen molar-refractivity contribution in [3.63, 3.8) is 0 Å². The van der Waals surface area contributed by atoms with E-state index >= 15 is 0 Å². The first-order valence-electron chi connectivity index (χ1n) is 6.77. The fourth-order valence-electron chi connectivity index (χ4n) is 1.92. The molecule has 1 amide bonds. The lowest BCUT2D eigenvalue weighted by Crippen LogP contribution is -2.26. The average molecular weight is 323 g/mol. The number of hydrogen-bond donors (Lipinski definition) is 3. The van der Waals surface area contributed by atoms with Crippen LogP contribution in [-0.4, -0.2) is 24.2 Å². The van der Waals surface area contributed by atoms with Gasteiger partial charge in [0.2, 0.25) is 0 Å². The molecule has 2 aromatic rings. The van der Waals surface area contributed by atoms with E-state index in [4.69, 9.17) is 16.7 Å². The van der Waals surface area contributed by atoms with E-state index in [0.717, 1.165) is 0 Å². The van der Waals surface area contributed by atoms with E-state index in [1.807, 2.05) is 0 Å². The average Bonchev–Trinajstić information content (AvgIpc) is 2.53.